The summed E-state index contributed by atoms with van der Waals surface area (Å²) in [5.41, 5.74) is 5.27. The number of hydrogen-bond donors (Lipinski definition) is 0. The molecule has 39 heavy (non-hydrogen) atoms. The Bertz CT molecular complexity index is 1540. The second kappa shape index (κ2) is 10.8. The van der Waals surface area contributed by atoms with E-state index < -0.39 is 0 Å². The molecule has 5 nitrogen and oxygen atoms in total. The highest BCUT2D eigenvalue weighted by Crippen LogP contribution is 2.50. The van der Waals surface area contributed by atoms with E-state index in [-0.39, 0.29) is 17.1 Å². The third-order valence-electron chi connectivity index (χ3n) is 8.00. The number of aromatic nitrogens is 2. The molecule has 4 heterocycles. The molecule has 1 spiro atoms. The molecule has 2 aromatic heterocycles. The molecule has 1 amide bonds. The zero-order chi connectivity index (χ0) is 27.0. The number of rotatable bonds is 6. The van der Waals surface area contributed by atoms with Crippen molar-refractivity contribution in [1.29, 1.82) is 0 Å². The molecule has 200 valence electrons. The molecule has 0 saturated carbocycles. The predicted molar refractivity (Wildman–Crippen MR) is 157 cm³/mol. The molecular weight excluding hydrogens is 531 g/mol. The van der Waals surface area contributed by atoms with Crippen molar-refractivity contribution in [3.05, 3.63) is 93.5 Å². The van der Waals surface area contributed by atoms with Gasteiger partial charge in [0.2, 0.25) is 5.91 Å². The molecule has 0 atom stereocenters. The van der Waals surface area contributed by atoms with Gasteiger partial charge in [0.1, 0.15) is 11.0 Å². The van der Waals surface area contributed by atoms with Crippen LogP contribution in [0.2, 0.25) is 5.15 Å². The molecule has 0 unspecified atom stereocenters. The molecule has 6 rings (SSSR count). The fraction of sp³-hybridized carbons (Fsp3) is 0.323. The molecule has 0 radical (unpaired) electrons. The van der Waals surface area contributed by atoms with Crippen LogP contribution in [0, 0.1) is 12.7 Å². The fourth-order valence-electron chi connectivity index (χ4n) is 6.00. The maximum atomic E-state index is 13.6. The van der Waals surface area contributed by atoms with Crippen LogP contribution in [-0.4, -0.2) is 47.0 Å². The summed E-state index contributed by atoms with van der Waals surface area (Å²) < 4.78 is 14.4. The van der Waals surface area contributed by atoms with Gasteiger partial charge in [-0.2, -0.15) is 0 Å². The molecule has 2 aromatic carbocycles. The van der Waals surface area contributed by atoms with Crippen molar-refractivity contribution < 1.29 is 9.18 Å². The normalized spacial score (nSPS) is 16.9. The van der Waals surface area contributed by atoms with E-state index in [0.717, 1.165) is 59.8 Å². The van der Waals surface area contributed by atoms with Crippen molar-refractivity contribution in [2.45, 2.75) is 38.0 Å². The lowest BCUT2D eigenvalue weighted by atomic mass is 9.74. The van der Waals surface area contributed by atoms with Crippen LogP contribution in [-0.2, 0) is 16.6 Å². The Labute approximate surface area is 236 Å². The summed E-state index contributed by atoms with van der Waals surface area (Å²) in [6.07, 6.45) is 8.89. The monoisotopic (exact) mass is 560 g/mol. The Balaban J connectivity index is 1.20. The smallest absolute Gasteiger partial charge is 0.227 e. The van der Waals surface area contributed by atoms with Crippen LogP contribution in [0.3, 0.4) is 0 Å². The number of nitrogens with zero attached hydrogens (tertiary/aromatic N) is 4. The first kappa shape index (κ1) is 26.1. The van der Waals surface area contributed by atoms with Crippen LogP contribution in [0.1, 0.15) is 41.0 Å². The van der Waals surface area contributed by atoms with Gasteiger partial charge in [-0.05, 0) is 86.8 Å². The van der Waals surface area contributed by atoms with Crippen LogP contribution in [0.4, 0.5) is 10.1 Å². The lowest BCUT2D eigenvalue weighted by molar-refractivity contribution is -0.118. The number of halogens is 2. The minimum Gasteiger partial charge on any atom is -0.311 e. The van der Waals surface area contributed by atoms with Gasteiger partial charge in [-0.25, -0.2) is 14.4 Å². The summed E-state index contributed by atoms with van der Waals surface area (Å²) in [7, 11) is 0. The van der Waals surface area contributed by atoms with E-state index in [1.54, 1.807) is 29.7 Å². The lowest BCUT2D eigenvalue weighted by Gasteiger charge is -2.39. The number of fused-ring (bicyclic) bond motifs is 4. The molecule has 2 aliphatic heterocycles. The Morgan fingerprint density at radius 3 is 2.72 bits per heavy atom. The standard InChI is InChI=1S/C31H30ClFN4OS/c1-21-35-30-26(39-21)10-9-25-29(30)31(20-37(25)28(38)11-6-23-12-15-34-27(32)19-23)13-17-36(18-14-31)16-2-3-22-4-7-24(33)8-5-22/h2-5,7-10,12,15,19H,6,11,13-14,16-18,20H2,1H3/b3-2+. The van der Waals surface area contributed by atoms with Gasteiger partial charge in [0.25, 0.3) is 0 Å². The van der Waals surface area contributed by atoms with Crippen LogP contribution < -0.4 is 4.90 Å². The highest BCUT2D eigenvalue weighted by atomic mass is 35.5. The van der Waals surface area contributed by atoms with Crippen molar-refractivity contribution in [3.8, 4) is 0 Å². The average molecular weight is 561 g/mol. The third kappa shape index (κ3) is 5.36. The maximum Gasteiger partial charge on any atom is 0.227 e. The van der Waals surface area contributed by atoms with Gasteiger partial charge in [-0.15, -0.1) is 11.3 Å². The number of pyridine rings is 1. The average Bonchev–Trinajstić information content (AvgIpc) is 3.47. The van der Waals surface area contributed by atoms with Crippen molar-refractivity contribution >= 4 is 50.8 Å². The Hall–Kier alpha value is -3.13. The lowest BCUT2D eigenvalue weighted by Crippen LogP contribution is -2.46. The highest BCUT2D eigenvalue weighted by Gasteiger charge is 2.47. The van der Waals surface area contributed by atoms with E-state index in [1.165, 1.54) is 22.4 Å². The van der Waals surface area contributed by atoms with Gasteiger partial charge in [-0.3, -0.25) is 9.69 Å². The molecule has 0 aliphatic carbocycles. The van der Waals surface area contributed by atoms with Gasteiger partial charge < -0.3 is 4.90 Å². The number of amides is 1. The van der Waals surface area contributed by atoms with Gasteiger partial charge in [0.15, 0.2) is 0 Å². The number of benzene rings is 2. The molecule has 0 N–H and O–H groups in total. The first-order chi connectivity index (χ1) is 18.9. The van der Waals surface area contributed by atoms with Crippen molar-refractivity contribution in [2.75, 3.05) is 31.1 Å². The number of carbonyl (C=O) groups excluding carboxylic acids is 1. The van der Waals surface area contributed by atoms with Crippen LogP contribution in [0.15, 0.2) is 60.8 Å². The summed E-state index contributed by atoms with van der Waals surface area (Å²) in [6, 6.07) is 14.6. The van der Waals surface area contributed by atoms with E-state index >= 15 is 0 Å². The Morgan fingerprint density at radius 2 is 1.95 bits per heavy atom. The molecule has 0 bridgehead atoms. The minimum atomic E-state index is -0.218. The highest BCUT2D eigenvalue weighted by molar-refractivity contribution is 7.18. The number of carbonyl (C=O) groups is 1. The molecule has 4 aromatic rings. The third-order valence-corrected chi connectivity index (χ3v) is 9.15. The SMILES string of the molecule is Cc1nc2c3c(ccc2s1)N(C(=O)CCc1ccnc(Cl)c1)CC31CCN(C/C=C/c2ccc(F)cc2)CC1. The second-order valence-electron chi connectivity index (χ2n) is 10.5. The summed E-state index contributed by atoms with van der Waals surface area (Å²) >= 11 is 7.77. The molecule has 1 saturated heterocycles. The minimum absolute atomic E-state index is 0.0951. The Morgan fingerprint density at radius 1 is 1.15 bits per heavy atom. The first-order valence-electron chi connectivity index (χ1n) is 13.4. The largest absolute Gasteiger partial charge is 0.311 e. The summed E-state index contributed by atoms with van der Waals surface area (Å²) in [4.78, 5) is 27.1. The first-order valence-corrected chi connectivity index (χ1v) is 14.6. The quantitative estimate of drug-likeness (QED) is 0.243. The number of anilines is 1. The van der Waals surface area contributed by atoms with E-state index in [2.05, 4.69) is 35.0 Å². The van der Waals surface area contributed by atoms with E-state index in [4.69, 9.17) is 16.6 Å². The molecule has 8 heteroatoms. The van der Waals surface area contributed by atoms with Gasteiger partial charge in [0, 0.05) is 42.4 Å². The van der Waals surface area contributed by atoms with Gasteiger partial charge in [-0.1, -0.05) is 35.9 Å². The summed E-state index contributed by atoms with van der Waals surface area (Å²) in [5.74, 6) is -0.0824. The number of thiazole rings is 1. The fourth-order valence-corrected chi connectivity index (χ4v) is 7.03. The van der Waals surface area contributed by atoms with Crippen LogP contribution >= 0.6 is 22.9 Å². The van der Waals surface area contributed by atoms with Crippen molar-refractivity contribution in [1.82, 2.24) is 14.9 Å². The molecule has 1 fully saturated rings. The zero-order valence-corrected chi connectivity index (χ0v) is 23.4. The summed E-state index contributed by atoms with van der Waals surface area (Å²) in [5, 5.41) is 1.50. The van der Waals surface area contributed by atoms with Crippen molar-refractivity contribution in [3.63, 3.8) is 0 Å². The summed E-state index contributed by atoms with van der Waals surface area (Å²) in [6.45, 7) is 5.50. The number of aryl methyl sites for hydroxylation is 2. The van der Waals surface area contributed by atoms with E-state index in [9.17, 15) is 9.18 Å². The molecular formula is C31H30ClFN4OS. The molecule has 2 aliphatic rings. The van der Waals surface area contributed by atoms with E-state index in [1.807, 2.05) is 23.1 Å². The topological polar surface area (TPSA) is 49.3 Å². The number of piperidine rings is 1. The van der Waals surface area contributed by atoms with Crippen LogP contribution in [0.5, 0.6) is 0 Å². The van der Waals surface area contributed by atoms with Gasteiger partial charge >= 0.3 is 0 Å². The van der Waals surface area contributed by atoms with Gasteiger partial charge in [0.05, 0.1) is 15.2 Å². The Kier molecular flexibility index (Phi) is 7.23. The number of hydrogen-bond acceptors (Lipinski definition) is 5. The van der Waals surface area contributed by atoms with Crippen molar-refractivity contribution in [2.24, 2.45) is 0 Å². The maximum absolute atomic E-state index is 13.6. The van der Waals surface area contributed by atoms with E-state index in [0.29, 0.717) is 24.5 Å². The predicted octanol–water partition coefficient (Wildman–Crippen LogP) is 6.82. The number of likely N-dealkylation sites (tertiary alicyclic amines) is 1. The zero-order valence-electron chi connectivity index (χ0n) is 21.9. The second-order valence-corrected chi connectivity index (χ2v) is 12.2. The van der Waals surface area contributed by atoms with Crippen LogP contribution in [0.25, 0.3) is 16.3 Å².